The molecule has 5 atom stereocenters. The van der Waals surface area contributed by atoms with Crippen LogP contribution in [0.15, 0.2) is 30.4 Å². The Bertz CT molecular complexity index is 1740. The van der Waals surface area contributed by atoms with Gasteiger partial charge in [0.15, 0.2) is 0 Å². The first-order chi connectivity index (χ1) is 24.9. The number of benzene rings is 1. The van der Waals surface area contributed by atoms with E-state index in [0.717, 1.165) is 32.1 Å². The third-order valence-electron chi connectivity index (χ3n) is 11.5. The summed E-state index contributed by atoms with van der Waals surface area (Å²) in [6, 6.07) is 3.51. The maximum atomic E-state index is 14.5. The van der Waals surface area contributed by atoms with Gasteiger partial charge >= 0.3 is 6.09 Å². The van der Waals surface area contributed by atoms with E-state index in [9.17, 15) is 36.8 Å². The fourth-order valence-electron chi connectivity index (χ4n) is 8.19. The molecule has 2 aliphatic carbocycles. The number of amides is 5. The molecule has 4 aliphatic heterocycles. The summed E-state index contributed by atoms with van der Waals surface area (Å²) in [6.07, 6.45) is 9.60. The molecule has 0 aromatic heterocycles. The highest BCUT2D eigenvalue weighted by molar-refractivity contribution is 7.91. The van der Waals surface area contributed by atoms with E-state index in [-0.39, 0.29) is 44.8 Å². The molecule has 2 unspecified atom stereocenters. The van der Waals surface area contributed by atoms with E-state index in [4.69, 9.17) is 4.74 Å². The van der Waals surface area contributed by atoms with Crippen molar-refractivity contribution in [2.45, 2.75) is 119 Å². The summed E-state index contributed by atoms with van der Waals surface area (Å²) in [7, 11) is -3.90. The lowest BCUT2D eigenvalue weighted by molar-refractivity contribution is -0.145. The van der Waals surface area contributed by atoms with Gasteiger partial charge in [0.05, 0.1) is 18.3 Å². The van der Waals surface area contributed by atoms with Gasteiger partial charge in [0.2, 0.25) is 27.7 Å². The fourth-order valence-corrected chi connectivity index (χ4v) is 9.55. The quantitative estimate of drug-likeness (QED) is 0.420. The van der Waals surface area contributed by atoms with Gasteiger partial charge < -0.3 is 19.9 Å². The lowest BCUT2D eigenvalue weighted by Crippen LogP contribution is -2.57. The van der Waals surface area contributed by atoms with Crippen LogP contribution < -0.4 is 10.0 Å². The SMILES string of the molecule is O=C1NC2(C(=O)NS(=O)(=O)C3CC3)CC2C=CCCCCC[C@H](CC(=O)N2CCCCC2)C(=O)N2C[C@H](OC(=O)N3Cc4cccc(F)c4C3)C[C@@H]12. The molecule has 2 N–H and O–H groups in total. The molecule has 2 saturated heterocycles. The van der Waals surface area contributed by atoms with Crippen molar-refractivity contribution in [2.75, 3.05) is 19.6 Å². The molecule has 0 bridgehead atoms. The average molecular weight is 742 g/mol. The van der Waals surface area contributed by atoms with E-state index < -0.39 is 74.4 Å². The topological polar surface area (TPSA) is 162 Å². The lowest BCUT2D eigenvalue weighted by atomic mass is 9.94. The summed E-state index contributed by atoms with van der Waals surface area (Å²) in [5.41, 5.74) is -0.435. The number of likely N-dealkylation sites (tertiary alicyclic amines) is 1. The van der Waals surface area contributed by atoms with Crippen LogP contribution in [0.1, 0.15) is 94.6 Å². The third kappa shape index (κ3) is 7.69. The van der Waals surface area contributed by atoms with Gasteiger partial charge in [-0.2, -0.15) is 0 Å². The highest BCUT2D eigenvalue weighted by Gasteiger charge is 2.62. The number of hydrogen-bond donors (Lipinski definition) is 2. The van der Waals surface area contributed by atoms with Crippen molar-refractivity contribution in [3.05, 3.63) is 47.3 Å². The second-order valence-corrected chi connectivity index (χ2v) is 17.3. The van der Waals surface area contributed by atoms with E-state index in [1.54, 1.807) is 17.0 Å². The van der Waals surface area contributed by atoms with Crippen LogP contribution in [0.3, 0.4) is 0 Å². The second-order valence-electron chi connectivity index (χ2n) is 15.3. The summed E-state index contributed by atoms with van der Waals surface area (Å²) in [4.78, 5) is 73.8. The number of nitrogens with one attached hydrogen (secondary N) is 2. The molecule has 0 radical (unpaired) electrons. The summed E-state index contributed by atoms with van der Waals surface area (Å²) >= 11 is 0. The number of halogens is 1. The Kier molecular flexibility index (Phi) is 10.3. The van der Waals surface area contributed by atoms with Gasteiger partial charge in [-0.15, -0.1) is 0 Å². The minimum atomic E-state index is -3.90. The van der Waals surface area contributed by atoms with E-state index >= 15 is 0 Å². The number of hydrogen-bond acceptors (Lipinski definition) is 8. The van der Waals surface area contributed by atoms with Gasteiger partial charge in [-0.05, 0) is 69.4 Å². The Balaban J connectivity index is 1.13. The van der Waals surface area contributed by atoms with E-state index in [2.05, 4.69) is 10.0 Å². The Hall–Kier alpha value is -4.01. The summed E-state index contributed by atoms with van der Waals surface area (Å²) in [5.74, 6) is -3.52. The number of allylic oxidation sites excluding steroid dienone is 1. The maximum Gasteiger partial charge on any atom is 0.410 e. The zero-order chi connectivity index (χ0) is 36.6. The molecule has 4 heterocycles. The molecular weight excluding hydrogens is 693 g/mol. The van der Waals surface area contributed by atoms with Crippen molar-refractivity contribution in [3.8, 4) is 0 Å². The lowest BCUT2D eigenvalue weighted by Gasteiger charge is -2.31. The highest BCUT2D eigenvalue weighted by atomic mass is 32.2. The van der Waals surface area contributed by atoms with Crippen LogP contribution >= 0.6 is 0 Å². The molecule has 5 amide bonds. The van der Waals surface area contributed by atoms with Crippen LogP contribution in [0.2, 0.25) is 0 Å². The van der Waals surface area contributed by atoms with Gasteiger partial charge in [0, 0.05) is 49.9 Å². The first-order valence-electron chi connectivity index (χ1n) is 18.8. The third-order valence-corrected chi connectivity index (χ3v) is 13.4. The van der Waals surface area contributed by atoms with Crippen LogP contribution in [0.5, 0.6) is 0 Å². The van der Waals surface area contributed by atoms with E-state index in [1.807, 2.05) is 12.2 Å². The molecule has 6 aliphatic rings. The van der Waals surface area contributed by atoms with Gasteiger partial charge in [0.25, 0.3) is 5.91 Å². The van der Waals surface area contributed by atoms with Gasteiger partial charge in [0.1, 0.15) is 23.5 Å². The number of carbonyl (C=O) groups excluding carboxylic acids is 5. The normalized spacial score (nSPS) is 29.6. The Morgan fingerprint density at radius 1 is 0.981 bits per heavy atom. The van der Waals surface area contributed by atoms with Crippen molar-refractivity contribution in [3.63, 3.8) is 0 Å². The van der Waals surface area contributed by atoms with Crippen molar-refractivity contribution in [1.82, 2.24) is 24.7 Å². The molecule has 15 heteroatoms. The Labute approximate surface area is 303 Å². The standard InChI is InChI=1S/C37H48FN5O8S/c38-30-13-9-11-25-21-42(23-29(25)30)36(48)51-27-19-31-33(45)39-37(35(47)40-52(49,50)28-14-15-28)20-26(37)12-6-3-1-2-5-10-24(34(46)43(31)22-27)18-32(44)41-16-7-4-8-17-41/h6,9,11-13,24,26-28,31H,1-5,7-8,10,14-23H2,(H,39,45)(H,40,47)/t24-,26?,27-,31+,37?/m1/s1. The van der Waals surface area contributed by atoms with Crippen LogP contribution in [0.25, 0.3) is 0 Å². The number of fused-ring (bicyclic) bond motifs is 3. The zero-order valence-electron chi connectivity index (χ0n) is 29.4. The van der Waals surface area contributed by atoms with Crippen LogP contribution in [0.4, 0.5) is 9.18 Å². The first-order valence-corrected chi connectivity index (χ1v) is 20.3. The average Bonchev–Trinajstić information content (AvgIpc) is 4.01. The van der Waals surface area contributed by atoms with Gasteiger partial charge in [-0.1, -0.05) is 37.1 Å². The molecular formula is C37H48FN5O8S. The number of ether oxygens (including phenoxy) is 1. The summed E-state index contributed by atoms with van der Waals surface area (Å²) in [5, 5.41) is 2.20. The molecule has 2 saturated carbocycles. The fraction of sp³-hybridized carbons (Fsp3) is 0.649. The van der Waals surface area contributed by atoms with Crippen molar-refractivity contribution >= 4 is 39.7 Å². The Morgan fingerprint density at radius 3 is 2.50 bits per heavy atom. The molecule has 282 valence electrons. The van der Waals surface area contributed by atoms with Crippen LogP contribution in [-0.2, 0) is 47.0 Å². The minimum absolute atomic E-state index is 0.000919. The number of sulfonamides is 1. The molecule has 0 spiro atoms. The first kappa shape index (κ1) is 36.4. The predicted molar refractivity (Wildman–Crippen MR) is 186 cm³/mol. The highest BCUT2D eigenvalue weighted by Crippen LogP contribution is 2.46. The smallest absolute Gasteiger partial charge is 0.410 e. The van der Waals surface area contributed by atoms with Crippen molar-refractivity contribution in [2.24, 2.45) is 11.8 Å². The number of rotatable bonds is 6. The zero-order valence-corrected chi connectivity index (χ0v) is 30.2. The Morgan fingerprint density at radius 2 is 1.75 bits per heavy atom. The molecule has 7 rings (SSSR count). The van der Waals surface area contributed by atoms with Gasteiger partial charge in [-0.3, -0.25) is 28.8 Å². The molecule has 13 nitrogen and oxygen atoms in total. The van der Waals surface area contributed by atoms with Crippen LogP contribution in [-0.4, -0.2) is 95.4 Å². The summed E-state index contributed by atoms with van der Waals surface area (Å²) < 4.78 is 48.1. The molecule has 1 aromatic rings. The van der Waals surface area contributed by atoms with Gasteiger partial charge in [-0.25, -0.2) is 17.6 Å². The monoisotopic (exact) mass is 741 g/mol. The number of nitrogens with zero attached hydrogens (tertiary/aromatic N) is 3. The molecule has 4 fully saturated rings. The summed E-state index contributed by atoms with van der Waals surface area (Å²) in [6.45, 7) is 1.36. The molecule has 1 aromatic carbocycles. The van der Waals surface area contributed by atoms with Crippen molar-refractivity contribution < 1.29 is 41.5 Å². The minimum Gasteiger partial charge on any atom is -0.444 e. The maximum absolute atomic E-state index is 14.5. The number of carbonyl (C=O) groups is 5. The van der Waals surface area contributed by atoms with Crippen LogP contribution in [0, 0.1) is 17.7 Å². The van der Waals surface area contributed by atoms with E-state index in [0.29, 0.717) is 56.3 Å². The second kappa shape index (κ2) is 14.8. The van der Waals surface area contributed by atoms with Crippen molar-refractivity contribution in [1.29, 1.82) is 0 Å². The molecule has 52 heavy (non-hydrogen) atoms. The van der Waals surface area contributed by atoms with E-state index in [1.165, 1.54) is 15.9 Å². The predicted octanol–water partition coefficient (Wildman–Crippen LogP) is 3.27. The number of piperidine rings is 1. The largest absolute Gasteiger partial charge is 0.444 e.